The van der Waals surface area contributed by atoms with E-state index in [-0.39, 0.29) is 18.2 Å². The number of hydrogen-bond acceptors (Lipinski definition) is 5. The maximum Gasteiger partial charge on any atom is 0.257 e. The Kier molecular flexibility index (Phi) is 6.37. The van der Waals surface area contributed by atoms with E-state index in [2.05, 4.69) is 11.9 Å². The average molecular weight is 462 g/mol. The highest BCUT2D eigenvalue weighted by atomic mass is 35.5. The first-order valence-corrected chi connectivity index (χ1v) is 11.5. The lowest BCUT2D eigenvalue weighted by molar-refractivity contribution is -0.115. The smallest absolute Gasteiger partial charge is 0.257 e. The van der Waals surface area contributed by atoms with E-state index in [1.165, 1.54) is 27.2 Å². The van der Waals surface area contributed by atoms with Gasteiger partial charge in [-0.2, -0.15) is 0 Å². The minimum Gasteiger partial charge on any atom is -0.292 e. The number of ketones is 1. The van der Waals surface area contributed by atoms with Crippen LogP contribution in [0.1, 0.15) is 47.1 Å². The summed E-state index contributed by atoms with van der Waals surface area (Å²) in [6.45, 7) is 2.06. The Morgan fingerprint density at radius 2 is 2.10 bits per heavy atom. The zero-order valence-electron chi connectivity index (χ0n) is 16.5. The number of amides is 1. The first kappa shape index (κ1) is 21.2. The molecule has 0 bridgehead atoms. The van der Waals surface area contributed by atoms with Crippen molar-refractivity contribution in [2.75, 3.05) is 11.4 Å². The van der Waals surface area contributed by atoms with Gasteiger partial charge in [0.1, 0.15) is 0 Å². The zero-order valence-corrected chi connectivity index (χ0v) is 18.9. The Hall–Kier alpha value is -2.02. The number of fused-ring (bicyclic) bond motifs is 1. The van der Waals surface area contributed by atoms with Gasteiger partial charge in [0, 0.05) is 33.5 Å². The van der Waals surface area contributed by atoms with Crippen molar-refractivity contribution in [1.82, 2.24) is 4.98 Å². The molecule has 0 spiro atoms. The number of carbonyl (C=O) groups is 2. The van der Waals surface area contributed by atoms with Gasteiger partial charge < -0.3 is 0 Å². The van der Waals surface area contributed by atoms with Crippen LogP contribution in [0.4, 0.5) is 5.13 Å². The zero-order chi connectivity index (χ0) is 21.3. The van der Waals surface area contributed by atoms with E-state index in [9.17, 15) is 9.59 Å². The highest BCUT2D eigenvalue weighted by Gasteiger charge is 2.29. The molecule has 2 aromatic rings. The Morgan fingerprint density at radius 1 is 1.27 bits per heavy atom. The fraction of sp³-hybridized carbons (Fsp3) is 0.364. The number of benzene rings is 1. The van der Waals surface area contributed by atoms with Gasteiger partial charge in [0.2, 0.25) is 0 Å². The Balaban J connectivity index is 1.68. The van der Waals surface area contributed by atoms with E-state index in [4.69, 9.17) is 28.2 Å². The van der Waals surface area contributed by atoms with E-state index in [1.807, 2.05) is 0 Å². The van der Waals surface area contributed by atoms with E-state index in [1.54, 1.807) is 24.5 Å². The molecule has 1 aliphatic carbocycles. The summed E-state index contributed by atoms with van der Waals surface area (Å²) in [5.41, 5.74) is 1.91. The van der Waals surface area contributed by atoms with Crippen LogP contribution in [0, 0.1) is 5.92 Å². The SMILES string of the molecule is CC1CCc2sc(N(CC(=O)c3cc(Cl)ccc3Cl)C(=O)C3=CN=CCC3)nc2C1. The van der Waals surface area contributed by atoms with Gasteiger partial charge in [0.15, 0.2) is 10.9 Å². The maximum absolute atomic E-state index is 13.3. The topological polar surface area (TPSA) is 62.6 Å². The monoisotopic (exact) mass is 461 g/mol. The number of anilines is 1. The second-order valence-corrected chi connectivity index (χ2v) is 9.58. The molecular formula is C22H21Cl2N3O2S. The third-order valence-corrected chi connectivity index (χ3v) is 7.08. The van der Waals surface area contributed by atoms with Gasteiger partial charge in [0.05, 0.1) is 17.3 Å². The van der Waals surface area contributed by atoms with Crippen molar-refractivity contribution in [1.29, 1.82) is 0 Å². The molecule has 2 heterocycles. The molecule has 2 aliphatic rings. The van der Waals surface area contributed by atoms with Crippen LogP contribution in [0.15, 0.2) is 35.0 Å². The molecule has 30 heavy (non-hydrogen) atoms. The van der Waals surface area contributed by atoms with Crippen LogP contribution in [-0.4, -0.2) is 29.4 Å². The predicted octanol–water partition coefficient (Wildman–Crippen LogP) is 5.54. The lowest BCUT2D eigenvalue weighted by Crippen LogP contribution is -2.37. The van der Waals surface area contributed by atoms with Crippen molar-refractivity contribution in [3.05, 3.63) is 56.2 Å². The summed E-state index contributed by atoms with van der Waals surface area (Å²) in [6.07, 6.45) is 7.61. The highest BCUT2D eigenvalue weighted by molar-refractivity contribution is 7.16. The van der Waals surface area contributed by atoms with Gasteiger partial charge in [-0.3, -0.25) is 19.5 Å². The Bertz CT molecular complexity index is 1060. The second kappa shape index (κ2) is 9.00. The molecule has 1 atom stereocenters. The summed E-state index contributed by atoms with van der Waals surface area (Å²) in [7, 11) is 0. The molecule has 1 amide bonds. The molecule has 0 saturated heterocycles. The number of halogens is 2. The second-order valence-electron chi connectivity index (χ2n) is 7.68. The van der Waals surface area contributed by atoms with Crippen LogP contribution in [0.5, 0.6) is 0 Å². The van der Waals surface area contributed by atoms with Crippen molar-refractivity contribution >= 4 is 57.6 Å². The lowest BCUT2D eigenvalue weighted by Gasteiger charge is -2.21. The predicted molar refractivity (Wildman–Crippen MR) is 122 cm³/mol. The molecule has 1 aromatic heterocycles. The number of aromatic nitrogens is 1. The molecule has 0 radical (unpaired) electrons. The number of thiazole rings is 1. The number of aliphatic imine (C=N–C) groups is 1. The lowest BCUT2D eigenvalue weighted by atomic mass is 9.93. The van der Waals surface area contributed by atoms with Crippen molar-refractivity contribution in [3.63, 3.8) is 0 Å². The molecular weight excluding hydrogens is 441 g/mol. The van der Waals surface area contributed by atoms with Gasteiger partial charge in [-0.1, -0.05) is 30.1 Å². The standard InChI is InChI=1S/C22H21Cl2N3O2S/c1-13-4-7-20-18(9-13)26-22(30-20)27(21(29)14-3-2-8-25-11-14)12-19(28)16-10-15(23)5-6-17(16)24/h5-6,8,10-11,13H,2-4,7,9,12H2,1H3. The van der Waals surface area contributed by atoms with E-state index in [0.29, 0.717) is 45.1 Å². The molecule has 156 valence electrons. The quantitative estimate of drug-likeness (QED) is 0.549. The first-order chi connectivity index (χ1) is 14.4. The van der Waals surface area contributed by atoms with Crippen molar-refractivity contribution in [3.8, 4) is 0 Å². The van der Waals surface area contributed by atoms with Gasteiger partial charge in [-0.05, 0) is 56.2 Å². The summed E-state index contributed by atoms with van der Waals surface area (Å²) in [5, 5.41) is 1.29. The van der Waals surface area contributed by atoms with Crippen molar-refractivity contribution in [2.45, 2.75) is 39.0 Å². The summed E-state index contributed by atoms with van der Waals surface area (Å²) >= 11 is 13.8. The average Bonchev–Trinajstić information content (AvgIpc) is 3.16. The van der Waals surface area contributed by atoms with Crippen molar-refractivity contribution in [2.24, 2.45) is 10.9 Å². The number of aryl methyl sites for hydroxylation is 1. The number of hydrogen-bond donors (Lipinski definition) is 0. The molecule has 0 fully saturated rings. The third kappa shape index (κ3) is 4.51. The van der Waals surface area contributed by atoms with E-state index in [0.717, 1.165) is 25.0 Å². The number of carbonyl (C=O) groups excluding carboxylic acids is 2. The van der Waals surface area contributed by atoms with Crippen LogP contribution in [0.3, 0.4) is 0 Å². The van der Waals surface area contributed by atoms with Gasteiger partial charge in [-0.15, -0.1) is 11.3 Å². The largest absolute Gasteiger partial charge is 0.292 e. The summed E-state index contributed by atoms with van der Waals surface area (Å²) in [5.74, 6) is 0.0497. The van der Waals surface area contributed by atoms with Crippen LogP contribution in [0.25, 0.3) is 0 Å². The number of rotatable bonds is 5. The highest BCUT2D eigenvalue weighted by Crippen LogP contribution is 2.35. The van der Waals surface area contributed by atoms with Crippen LogP contribution < -0.4 is 4.90 Å². The number of Topliss-reactive ketones (excluding diaryl/α,β-unsaturated/α-hetero) is 1. The molecule has 1 aliphatic heterocycles. The molecule has 5 nitrogen and oxygen atoms in total. The molecule has 1 unspecified atom stereocenters. The van der Waals surface area contributed by atoms with Gasteiger partial charge >= 0.3 is 0 Å². The molecule has 1 aromatic carbocycles. The fourth-order valence-corrected chi connectivity index (χ4v) is 5.15. The van der Waals surface area contributed by atoms with Crippen LogP contribution >= 0.6 is 34.5 Å². The van der Waals surface area contributed by atoms with Gasteiger partial charge in [0.25, 0.3) is 5.91 Å². The van der Waals surface area contributed by atoms with Gasteiger partial charge in [-0.25, -0.2) is 4.98 Å². The summed E-state index contributed by atoms with van der Waals surface area (Å²) < 4.78 is 0. The van der Waals surface area contributed by atoms with Crippen molar-refractivity contribution < 1.29 is 9.59 Å². The summed E-state index contributed by atoms with van der Waals surface area (Å²) in [4.78, 5) is 37.9. The molecule has 8 heteroatoms. The first-order valence-electron chi connectivity index (χ1n) is 9.91. The third-order valence-electron chi connectivity index (χ3n) is 5.33. The molecule has 0 N–H and O–H groups in total. The molecule has 0 saturated carbocycles. The Morgan fingerprint density at radius 3 is 2.87 bits per heavy atom. The minimum atomic E-state index is -0.280. The van der Waals surface area contributed by atoms with Crippen LogP contribution in [0.2, 0.25) is 10.0 Å². The van der Waals surface area contributed by atoms with E-state index < -0.39 is 0 Å². The fourth-order valence-electron chi connectivity index (χ4n) is 3.65. The van der Waals surface area contributed by atoms with Crippen LogP contribution in [-0.2, 0) is 17.6 Å². The Labute approximate surface area is 189 Å². The minimum absolute atomic E-state index is 0.151. The summed E-state index contributed by atoms with van der Waals surface area (Å²) in [6, 6.07) is 4.75. The maximum atomic E-state index is 13.3. The number of nitrogens with zero attached hydrogens (tertiary/aromatic N) is 3. The normalized spacial score (nSPS) is 18.0. The molecule has 4 rings (SSSR count). The van der Waals surface area contributed by atoms with E-state index >= 15 is 0 Å².